The van der Waals surface area contributed by atoms with Gasteiger partial charge in [-0.3, -0.25) is 4.79 Å². The lowest BCUT2D eigenvalue weighted by Gasteiger charge is -2.35. The van der Waals surface area contributed by atoms with Gasteiger partial charge in [0.15, 0.2) is 0 Å². The molecule has 1 N–H and O–H groups in total. The van der Waals surface area contributed by atoms with E-state index in [0.29, 0.717) is 24.1 Å². The van der Waals surface area contributed by atoms with Crippen molar-refractivity contribution in [3.8, 4) is 0 Å². The van der Waals surface area contributed by atoms with Crippen LogP contribution in [-0.4, -0.2) is 70.3 Å². The molecule has 0 aromatic heterocycles. The van der Waals surface area contributed by atoms with Crippen molar-refractivity contribution in [2.24, 2.45) is 11.8 Å². The molecule has 1 heterocycles. The maximum Gasteiger partial charge on any atom is 0.304 e. The number of aryl methyl sites for hydroxylation is 2. The van der Waals surface area contributed by atoms with E-state index < -0.39 is 10.2 Å². The van der Waals surface area contributed by atoms with Crippen LogP contribution in [0.15, 0.2) is 18.2 Å². The van der Waals surface area contributed by atoms with Gasteiger partial charge >= 0.3 is 10.2 Å². The Morgan fingerprint density at radius 1 is 1.17 bits per heavy atom. The van der Waals surface area contributed by atoms with Gasteiger partial charge in [0.1, 0.15) is 6.54 Å². The van der Waals surface area contributed by atoms with Gasteiger partial charge in [-0.15, -0.1) is 0 Å². The summed E-state index contributed by atoms with van der Waals surface area (Å²) in [5.74, 6) is 1.14. The molecule has 30 heavy (non-hydrogen) atoms. The van der Waals surface area contributed by atoms with Crippen molar-refractivity contribution < 1.29 is 13.2 Å². The number of likely N-dealkylation sites (tertiary alicyclic amines) is 1. The second-order valence-corrected chi connectivity index (χ2v) is 11.1. The maximum absolute atomic E-state index is 12.9. The lowest BCUT2D eigenvalue weighted by atomic mass is 9.92. The molecule has 170 valence electrons. The highest BCUT2D eigenvalue weighted by atomic mass is 32.2. The SMILES string of the molecule is Cc1ccc(C)c(N(CC(=O)NCCCN2CC(C)CC(C)C2)S(=O)(=O)N(C)C)c1. The van der Waals surface area contributed by atoms with Crippen LogP contribution in [0.2, 0.25) is 0 Å². The zero-order chi connectivity index (χ0) is 22.5. The Hall–Kier alpha value is -1.64. The molecule has 1 saturated heterocycles. The number of piperidine rings is 1. The van der Waals surface area contributed by atoms with E-state index in [2.05, 4.69) is 24.1 Å². The van der Waals surface area contributed by atoms with E-state index in [0.717, 1.165) is 41.5 Å². The molecule has 0 bridgehead atoms. The zero-order valence-electron chi connectivity index (χ0n) is 19.3. The maximum atomic E-state index is 12.9. The number of hydrogen-bond donors (Lipinski definition) is 1. The van der Waals surface area contributed by atoms with Gasteiger partial charge in [-0.1, -0.05) is 26.0 Å². The first kappa shape index (κ1) is 24.6. The molecule has 1 aliphatic heterocycles. The first-order valence-electron chi connectivity index (χ1n) is 10.8. The minimum atomic E-state index is -3.79. The van der Waals surface area contributed by atoms with Crippen LogP contribution >= 0.6 is 0 Å². The summed E-state index contributed by atoms with van der Waals surface area (Å²) < 4.78 is 28.1. The van der Waals surface area contributed by atoms with E-state index in [1.807, 2.05) is 32.0 Å². The molecule has 0 aliphatic carbocycles. The Labute approximate surface area is 182 Å². The zero-order valence-corrected chi connectivity index (χ0v) is 20.1. The summed E-state index contributed by atoms with van der Waals surface area (Å²) in [7, 11) is -0.832. The molecule has 1 amide bonds. The lowest BCUT2D eigenvalue weighted by molar-refractivity contribution is -0.119. The molecule has 1 aromatic carbocycles. The predicted molar refractivity (Wildman–Crippen MR) is 123 cm³/mol. The average Bonchev–Trinajstić information content (AvgIpc) is 2.64. The summed E-state index contributed by atoms with van der Waals surface area (Å²) in [6.45, 7) is 11.8. The predicted octanol–water partition coefficient (Wildman–Crippen LogP) is 2.40. The fourth-order valence-corrected chi connectivity index (χ4v) is 5.29. The molecule has 7 nitrogen and oxygen atoms in total. The normalized spacial score (nSPS) is 20.4. The van der Waals surface area contributed by atoms with E-state index in [9.17, 15) is 13.2 Å². The fraction of sp³-hybridized carbons (Fsp3) is 0.682. The van der Waals surface area contributed by atoms with Crippen LogP contribution in [-0.2, 0) is 15.0 Å². The molecule has 0 radical (unpaired) electrons. The second-order valence-electron chi connectivity index (χ2n) is 9.00. The minimum Gasteiger partial charge on any atom is -0.354 e. The molecule has 8 heteroatoms. The number of rotatable bonds is 9. The third-order valence-corrected chi connectivity index (χ3v) is 7.38. The number of benzene rings is 1. The average molecular weight is 439 g/mol. The quantitative estimate of drug-likeness (QED) is 0.601. The highest BCUT2D eigenvalue weighted by Gasteiger charge is 2.28. The van der Waals surface area contributed by atoms with Gasteiger partial charge in [0.25, 0.3) is 0 Å². The summed E-state index contributed by atoms with van der Waals surface area (Å²) in [5.41, 5.74) is 2.29. The Kier molecular flexibility index (Phi) is 8.70. The Bertz CT molecular complexity index is 816. The first-order valence-corrected chi connectivity index (χ1v) is 12.2. The van der Waals surface area contributed by atoms with Crippen molar-refractivity contribution >= 4 is 21.8 Å². The van der Waals surface area contributed by atoms with Crippen LogP contribution in [0.5, 0.6) is 0 Å². The highest BCUT2D eigenvalue weighted by Crippen LogP contribution is 2.25. The minimum absolute atomic E-state index is 0.234. The van der Waals surface area contributed by atoms with Crippen LogP contribution in [0, 0.1) is 25.7 Å². The first-order chi connectivity index (χ1) is 14.0. The van der Waals surface area contributed by atoms with E-state index in [4.69, 9.17) is 0 Å². The van der Waals surface area contributed by atoms with Crippen LogP contribution < -0.4 is 9.62 Å². The van der Waals surface area contributed by atoms with Crippen molar-refractivity contribution in [2.75, 3.05) is 51.1 Å². The van der Waals surface area contributed by atoms with Gasteiger partial charge in [0, 0.05) is 33.7 Å². The Morgan fingerprint density at radius 2 is 1.80 bits per heavy atom. The largest absolute Gasteiger partial charge is 0.354 e. The number of carbonyl (C=O) groups excluding carboxylic acids is 1. The molecular formula is C22H38N4O3S. The Morgan fingerprint density at radius 3 is 2.40 bits per heavy atom. The van der Waals surface area contributed by atoms with Crippen molar-refractivity contribution in [3.05, 3.63) is 29.3 Å². The third-order valence-electron chi connectivity index (χ3n) is 5.58. The van der Waals surface area contributed by atoms with Gasteiger partial charge in [-0.05, 0) is 62.3 Å². The Balaban J connectivity index is 1.97. The van der Waals surface area contributed by atoms with E-state index >= 15 is 0 Å². The molecule has 1 fully saturated rings. The van der Waals surface area contributed by atoms with Crippen LogP contribution in [0.4, 0.5) is 5.69 Å². The topological polar surface area (TPSA) is 73.0 Å². The molecule has 0 spiro atoms. The standard InChI is InChI=1S/C22H38N4O3S/c1-17-8-9-20(4)21(13-17)26(30(28,29)24(5)6)16-22(27)23-10-7-11-25-14-18(2)12-19(3)15-25/h8-9,13,18-19H,7,10-12,14-16H2,1-6H3,(H,23,27). The van der Waals surface area contributed by atoms with Crippen LogP contribution in [0.3, 0.4) is 0 Å². The summed E-state index contributed by atoms with van der Waals surface area (Å²) in [5, 5.41) is 2.90. The number of anilines is 1. The molecule has 2 rings (SSSR count). The van der Waals surface area contributed by atoms with E-state index in [1.54, 1.807) is 0 Å². The van der Waals surface area contributed by atoms with Gasteiger partial charge < -0.3 is 10.2 Å². The van der Waals surface area contributed by atoms with E-state index in [1.165, 1.54) is 24.8 Å². The van der Waals surface area contributed by atoms with Gasteiger partial charge in [-0.25, -0.2) is 4.31 Å². The monoisotopic (exact) mass is 438 g/mol. The smallest absolute Gasteiger partial charge is 0.304 e. The lowest BCUT2D eigenvalue weighted by Crippen LogP contribution is -2.46. The number of nitrogens with one attached hydrogen (secondary N) is 1. The fourth-order valence-electron chi connectivity index (χ4n) is 4.17. The third kappa shape index (κ3) is 6.68. The van der Waals surface area contributed by atoms with Crippen LogP contribution in [0.1, 0.15) is 37.8 Å². The van der Waals surface area contributed by atoms with Gasteiger partial charge in [0.2, 0.25) is 5.91 Å². The summed E-state index contributed by atoms with van der Waals surface area (Å²) in [4.78, 5) is 15.1. The van der Waals surface area contributed by atoms with Crippen molar-refractivity contribution in [1.82, 2.24) is 14.5 Å². The van der Waals surface area contributed by atoms with Crippen molar-refractivity contribution in [1.29, 1.82) is 0 Å². The summed E-state index contributed by atoms with van der Waals surface area (Å²) >= 11 is 0. The second kappa shape index (κ2) is 10.6. The summed E-state index contributed by atoms with van der Waals surface area (Å²) in [6, 6.07) is 5.62. The molecule has 2 atom stereocenters. The molecule has 1 aromatic rings. The number of amides is 1. The molecule has 0 saturated carbocycles. The number of nitrogens with zero attached hydrogens (tertiary/aromatic N) is 3. The molecule has 2 unspecified atom stereocenters. The summed E-state index contributed by atoms with van der Waals surface area (Å²) in [6.07, 6.45) is 2.14. The molecular weight excluding hydrogens is 400 g/mol. The van der Waals surface area contributed by atoms with Gasteiger partial charge in [-0.2, -0.15) is 12.7 Å². The van der Waals surface area contributed by atoms with E-state index in [-0.39, 0.29) is 12.5 Å². The number of carbonyl (C=O) groups is 1. The van der Waals surface area contributed by atoms with Crippen LogP contribution in [0.25, 0.3) is 0 Å². The van der Waals surface area contributed by atoms with Crippen molar-refractivity contribution in [2.45, 2.75) is 40.5 Å². The van der Waals surface area contributed by atoms with Crippen molar-refractivity contribution in [3.63, 3.8) is 0 Å². The number of hydrogen-bond acceptors (Lipinski definition) is 4. The molecule has 1 aliphatic rings. The van der Waals surface area contributed by atoms with Gasteiger partial charge in [0.05, 0.1) is 5.69 Å². The highest BCUT2D eigenvalue weighted by molar-refractivity contribution is 7.90.